The molecule has 3 rings (SSSR count). The molecular weight excluding hydrogens is 391 g/mol. The van der Waals surface area contributed by atoms with Crippen LogP contribution in [0.2, 0.25) is 0 Å². The minimum atomic E-state index is -0.349. The lowest BCUT2D eigenvalue weighted by Crippen LogP contribution is -2.15. The maximum Gasteiger partial charge on any atom is 0.234 e. The highest BCUT2D eigenvalue weighted by molar-refractivity contribution is 7.99. The molecule has 1 N–H and O–H groups in total. The first kappa shape index (κ1) is 21.0. The van der Waals surface area contributed by atoms with Crippen molar-refractivity contribution in [1.82, 2.24) is 14.8 Å². The summed E-state index contributed by atoms with van der Waals surface area (Å²) in [6.07, 6.45) is 0. The molecule has 1 heterocycles. The van der Waals surface area contributed by atoms with Gasteiger partial charge in [-0.05, 0) is 37.6 Å². The Morgan fingerprint density at radius 3 is 2.76 bits per heavy atom. The van der Waals surface area contributed by atoms with Gasteiger partial charge in [0.2, 0.25) is 5.91 Å². The zero-order valence-electron chi connectivity index (χ0n) is 16.6. The molecular formula is C21H23FN4O2S. The number of nitrogens with zero attached hydrogens (tertiary/aromatic N) is 3. The number of thioether (sulfide) groups is 1. The van der Waals surface area contributed by atoms with Crippen molar-refractivity contribution in [1.29, 1.82) is 0 Å². The number of aromatic nitrogens is 3. The van der Waals surface area contributed by atoms with Gasteiger partial charge in [0.05, 0.1) is 18.9 Å². The zero-order chi connectivity index (χ0) is 20.8. The summed E-state index contributed by atoms with van der Waals surface area (Å²) >= 11 is 1.28. The molecule has 0 aliphatic heterocycles. The van der Waals surface area contributed by atoms with Gasteiger partial charge >= 0.3 is 0 Å². The van der Waals surface area contributed by atoms with Crippen molar-refractivity contribution in [2.45, 2.75) is 25.5 Å². The van der Waals surface area contributed by atoms with Crippen LogP contribution < -0.4 is 5.32 Å². The van der Waals surface area contributed by atoms with E-state index in [1.807, 2.05) is 35.8 Å². The number of halogens is 1. The van der Waals surface area contributed by atoms with Gasteiger partial charge in [0.25, 0.3) is 0 Å². The van der Waals surface area contributed by atoms with Crippen molar-refractivity contribution in [3.63, 3.8) is 0 Å². The second-order valence-corrected chi connectivity index (χ2v) is 7.56. The molecule has 0 unspecified atom stereocenters. The molecule has 0 bridgehead atoms. The second-order valence-electron chi connectivity index (χ2n) is 6.62. The summed E-state index contributed by atoms with van der Waals surface area (Å²) in [6.45, 7) is 4.77. The van der Waals surface area contributed by atoms with E-state index >= 15 is 0 Å². The van der Waals surface area contributed by atoms with E-state index in [4.69, 9.17) is 4.74 Å². The van der Waals surface area contributed by atoms with Gasteiger partial charge in [0, 0.05) is 18.4 Å². The Morgan fingerprint density at radius 2 is 2.03 bits per heavy atom. The molecule has 29 heavy (non-hydrogen) atoms. The standard InChI is InChI=1S/C21H23FN4O2S/c1-14-5-4-6-16(11-14)20-24-25-21(26(20)9-10-28-3)29-13-19(27)23-17-8-7-15(2)18(22)12-17/h4-8,11-12H,9-10,13H2,1-3H3,(H,23,27). The Kier molecular flexibility index (Phi) is 7.00. The van der Waals surface area contributed by atoms with Gasteiger partial charge in [0.1, 0.15) is 5.82 Å². The maximum atomic E-state index is 13.7. The highest BCUT2D eigenvalue weighted by Crippen LogP contribution is 2.25. The number of hydrogen-bond acceptors (Lipinski definition) is 5. The molecule has 0 aliphatic rings. The van der Waals surface area contributed by atoms with Crippen molar-refractivity contribution in [2.75, 3.05) is 24.8 Å². The minimum absolute atomic E-state index is 0.133. The smallest absolute Gasteiger partial charge is 0.234 e. The van der Waals surface area contributed by atoms with Crippen LogP contribution >= 0.6 is 11.8 Å². The Morgan fingerprint density at radius 1 is 1.21 bits per heavy atom. The van der Waals surface area contributed by atoms with Crippen LogP contribution in [0.1, 0.15) is 11.1 Å². The highest BCUT2D eigenvalue weighted by atomic mass is 32.2. The number of carbonyl (C=O) groups excluding carboxylic acids is 1. The topological polar surface area (TPSA) is 69.0 Å². The van der Waals surface area contributed by atoms with Crippen LogP contribution in [0.5, 0.6) is 0 Å². The first-order valence-electron chi connectivity index (χ1n) is 9.16. The van der Waals surface area contributed by atoms with Crippen molar-refractivity contribution in [3.8, 4) is 11.4 Å². The van der Waals surface area contributed by atoms with Crippen molar-refractivity contribution in [3.05, 3.63) is 59.4 Å². The lowest BCUT2D eigenvalue weighted by atomic mass is 10.1. The van der Waals surface area contributed by atoms with E-state index in [1.165, 1.54) is 17.8 Å². The third-order valence-corrected chi connectivity index (χ3v) is 5.27. The molecule has 152 valence electrons. The molecule has 6 nitrogen and oxygen atoms in total. The van der Waals surface area contributed by atoms with Gasteiger partial charge < -0.3 is 10.1 Å². The molecule has 0 saturated carbocycles. The molecule has 0 saturated heterocycles. The lowest BCUT2D eigenvalue weighted by Gasteiger charge is -2.10. The van der Waals surface area contributed by atoms with E-state index in [0.29, 0.717) is 29.6 Å². The SMILES string of the molecule is COCCn1c(SCC(=O)Nc2ccc(C)c(F)c2)nnc1-c1cccc(C)c1. The van der Waals surface area contributed by atoms with E-state index < -0.39 is 0 Å². The molecule has 3 aromatic rings. The van der Waals surface area contributed by atoms with Crippen LogP contribution in [0.4, 0.5) is 10.1 Å². The van der Waals surface area contributed by atoms with Crippen LogP contribution in [0, 0.1) is 19.7 Å². The number of anilines is 1. The third kappa shape index (κ3) is 5.42. The summed E-state index contributed by atoms with van der Waals surface area (Å²) in [4.78, 5) is 12.3. The molecule has 8 heteroatoms. The molecule has 2 aromatic carbocycles. The first-order chi connectivity index (χ1) is 14.0. The Labute approximate surface area is 173 Å². The summed E-state index contributed by atoms with van der Waals surface area (Å²) in [5, 5.41) is 11.9. The zero-order valence-corrected chi connectivity index (χ0v) is 17.4. The van der Waals surface area contributed by atoms with Gasteiger partial charge in [-0.3, -0.25) is 9.36 Å². The highest BCUT2D eigenvalue weighted by Gasteiger charge is 2.16. The molecule has 0 atom stereocenters. The third-order valence-electron chi connectivity index (χ3n) is 4.30. The number of amides is 1. The Balaban J connectivity index is 1.72. The Bertz CT molecular complexity index is 1010. The van der Waals surface area contributed by atoms with Crippen LogP contribution in [-0.2, 0) is 16.1 Å². The summed E-state index contributed by atoms with van der Waals surface area (Å²) in [6, 6.07) is 12.6. The van der Waals surface area contributed by atoms with E-state index in [0.717, 1.165) is 17.0 Å². The number of rotatable bonds is 8. The number of carbonyl (C=O) groups is 1. The fourth-order valence-corrected chi connectivity index (χ4v) is 3.54. The van der Waals surface area contributed by atoms with E-state index in [-0.39, 0.29) is 17.5 Å². The summed E-state index contributed by atoms with van der Waals surface area (Å²) in [5.41, 5.74) is 3.05. The number of aryl methyl sites for hydroxylation is 2. The first-order valence-corrected chi connectivity index (χ1v) is 10.1. The average Bonchev–Trinajstić information content (AvgIpc) is 3.10. The van der Waals surface area contributed by atoms with Crippen LogP contribution in [0.3, 0.4) is 0 Å². The summed E-state index contributed by atoms with van der Waals surface area (Å²) < 4.78 is 20.8. The van der Waals surface area contributed by atoms with E-state index in [9.17, 15) is 9.18 Å². The molecule has 0 fully saturated rings. The van der Waals surface area contributed by atoms with Crippen molar-refractivity contribution >= 4 is 23.4 Å². The molecule has 0 spiro atoms. The Hall–Kier alpha value is -2.71. The predicted molar refractivity (Wildman–Crippen MR) is 113 cm³/mol. The van der Waals surface area contributed by atoms with Crippen molar-refractivity contribution in [2.24, 2.45) is 0 Å². The van der Waals surface area contributed by atoms with Crippen molar-refractivity contribution < 1.29 is 13.9 Å². The number of benzene rings is 2. The van der Waals surface area contributed by atoms with Gasteiger partial charge in [-0.15, -0.1) is 10.2 Å². The summed E-state index contributed by atoms with van der Waals surface area (Å²) in [5.74, 6) is 0.275. The molecule has 1 aromatic heterocycles. The fourth-order valence-electron chi connectivity index (χ4n) is 2.78. The fraction of sp³-hybridized carbons (Fsp3) is 0.286. The van der Waals surface area contributed by atoms with Gasteiger partial charge in [-0.2, -0.15) is 0 Å². The average molecular weight is 415 g/mol. The minimum Gasteiger partial charge on any atom is -0.383 e. The number of nitrogens with one attached hydrogen (secondary N) is 1. The van der Waals surface area contributed by atoms with Crippen LogP contribution in [-0.4, -0.2) is 40.1 Å². The van der Waals surface area contributed by atoms with Gasteiger partial charge in [-0.25, -0.2) is 4.39 Å². The largest absolute Gasteiger partial charge is 0.383 e. The summed E-state index contributed by atoms with van der Waals surface area (Å²) in [7, 11) is 1.64. The molecule has 0 aliphatic carbocycles. The molecule has 0 radical (unpaired) electrons. The number of ether oxygens (including phenoxy) is 1. The predicted octanol–water partition coefficient (Wildman–Crippen LogP) is 4.08. The van der Waals surface area contributed by atoms with Crippen LogP contribution in [0.25, 0.3) is 11.4 Å². The van der Waals surface area contributed by atoms with Crippen LogP contribution in [0.15, 0.2) is 47.6 Å². The molecule has 1 amide bonds. The maximum absolute atomic E-state index is 13.7. The van der Waals surface area contributed by atoms with Gasteiger partial charge in [-0.1, -0.05) is 41.6 Å². The monoisotopic (exact) mass is 414 g/mol. The lowest BCUT2D eigenvalue weighted by molar-refractivity contribution is -0.113. The van der Waals surface area contributed by atoms with Gasteiger partial charge in [0.15, 0.2) is 11.0 Å². The number of hydrogen-bond donors (Lipinski definition) is 1. The number of methoxy groups -OCH3 is 1. The van der Waals surface area contributed by atoms with E-state index in [2.05, 4.69) is 15.5 Å². The quantitative estimate of drug-likeness (QED) is 0.563. The normalized spacial score (nSPS) is 10.9. The van der Waals surface area contributed by atoms with E-state index in [1.54, 1.807) is 26.2 Å². The second kappa shape index (κ2) is 9.67.